The van der Waals surface area contributed by atoms with Gasteiger partial charge in [0.2, 0.25) is 5.91 Å². The molecule has 17 heavy (non-hydrogen) atoms. The highest BCUT2D eigenvalue weighted by Crippen LogP contribution is 2.28. The summed E-state index contributed by atoms with van der Waals surface area (Å²) in [5.74, 6) is 0.156. The molecule has 1 fully saturated rings. The van der Waals surface area contributed by atoms with Gasteiger partial charge >= 0.3 is 0 Å². The molecule has 1 aliphatic rings. The highest BCUT2D eigenvalue weighted by molar-refractivity contribution is 5.81. The molecule has 0 aromatic carbocycles. The Labute approximate surface area is 105 Å². The highest BCUT2D eigenvalue weighted by atomic mass is 16.2. The van der Waals surface area contributed by atoms with E-state index in [0.29, 0.717) is 12.6 Å². The molecule has 1 amide bonds. The molecule has 2 unspecified atom stereocenters. The van der Waals surface area contributed by atoms with Crippen LogP contribution < -0.4 is 11.1 Å². The number of hydrogen-bond donors (Lipinski definition) is 2. The second-order valence-corrected chi connectivity index (χ2v) is 5.11. The van der Waals surface area contributed by atoms with Crippen LogP contribution >= 0.6 is 0 Å². The lowest BCUT2D eigenvalue weighted by atomic mass is 10.2. The Bertz CT molecular complexity index is 241. The quantitative estimate of drug-likeness (QED) is 0.669. The molecule has 1 rings (SSSR count). The van der Waals surface area contributed by atoms with E-state index in [2.05, 4.69) is 17.1 Å². The van der Waals surface area contributed by atoms with Crippen LogP contribution in [0.4, 0.5) is 0 Å². The average Bonchev–Trinajstić information content (AvgIpc) is 3.13. The Kier molecular flexibility index (Phi) is 5.92. The van der Waals surface area contributed by atoms with Crippen LogP contribution in [0.1, 0.15) is 46.5 Å². The standard InChI is InChI=1S/C13H27N3O/c1-4-10(2)15-13(17)11(3)16(9-5-8-14)12-6-7-12/h10-12H,4-9,14H2,1-3H3,(H,15,17). The van der Waals surface area contributed by atoms with E-state index in [4.69, 9.17) is 5.73 Å². The fraction of sp³-hybridized carbons (Fsp3) is 0.923. The summed E-state index contributed by atoms with van der Waals surface area (Å²) in [5.41, 5.74) is 5.55. The summed E-state index contributed by atoms with van der Waals surface area (Å²) in [4.78, 5) is 14.4. The van der Waals surface area contributed by atoms with Gasteiger partial charge in [-0.15, -0.1) is 0 Å². The molecule has 0 radical (unpaired) electrons. The lowest BCUT2D eigenvalue weighted by molar-refractivity contribution is -0.126. The minimum atomic E-state index is -0.0250. The Hall–Kier alpha value is -0.610. The molecule has 0 saturated heterocycles. The van der Waals surface area contributed by atoms with Crippen LogP contribution in [0.3, 0.4) is 0 Å². The van der Waals surface area contributed by atoms with Crippen LogP contribution in [0, 0.1) is 0 Å². The van der Waals surface area contributed by atoms with Crippen LogP contribution in [0.2, 0.25) is 0 Å². The monoisotopic (exact) mass is 241 g/mol. The molecule has 1 saturated carbocycles. The van der Waals surface area contributed by atoms with Crippen molar-refractivity contribution >= 4 is 5.91 Å². The molecule has 0 aliphatic heterocycles. The maximum atomic E-state index is 12.1. The van der Waals surface area contributed by atoms with Gasteiger partial charge in [-0.25, -0.2) is 0 Å². The summed E-state index contributed by atoms with van der Waals surface area (Å²) in [5, 5.41) is 3.06. The molecule has 0 aromatic heterocycles. The summed E-state index contributed by atoms with van der Waals surface area (Å²) in [6, 6.07) is 0.850. The molecule has 3 N–H and O–H groups in total. The largest absolute Gasteiger partial charge is 0.352 e. The average molecular weight is 241 g/mol. The van der Waals surface area contributed by atoms with Crippen LogP contribution in [0.5, 0.6) is 0 Å². The molecule has 1 aliphatic carbocycles. The van der Waals surface area contributed by atoms with Gasteiger partial charge in [-0.05, 0) is 46.1 Å². The van der Waals surface area contributed by atoms with Crippen LogP contribution in [0.25, 0.3) is 0 Å². The minimum absolute atomic E-state index is 0.0250. The smallest absolute Gasteiger partial charge is 0.237 e. The molecule has 0 aromatic rings. The number of hydrogen-bond acceptors (Lipinski definition) is 3. The van der Waals surface area contributed by atoms with Crippen LogP contribution in [0.15, 0.2) is 0 Å². The van der Waals surface area contributed by atoms with Gasteiger partial charge in [-0.2, -0.15) is 0 Å². The van der Waals surface area contributed by atoms with Crippen molar-refractivity contribution in [3.05, 3.63) is 0 Å². The summed E-state index contributed by atoms with van der Waals surface area (Å²) in [6.45, 7) is 7.78. The first kappa shape index (κ1) is 14.5. The van der Waals surface area contributed by atoms with Gasteiger partial charge in [-0.3, -0.25) is 9.69 Å². The second-order valence-electron chi connectivity index (χ2n) is 5.11. The Morgan fingerprint density at radius 1 is 1.47 bits per heavy atom. The van der Waals surface area contributed by atoms with Crippen molar-refractivity contribution in [3.8, 4) is 0 Å². The first-order chi connectivity index (χ1) is 8.10. The SMILES string of the molecule is CCC(C)NC(=O)C(C)N(CCCN)C1CC1. The van der Waals surface area contributed by atoms with Gasteiger partial charge in [-0.1, -0.05) is 6.92 Å². The molecular weight excluding hydrogens is 214 g/mol. The number of nitrogens with zero attached hydrogens (tertiary/aromatic N) is 1. The van der Waals surface area contributed by atoms with Gasteiger partial charge in [0.1, 0.15) is 0 Å². The predicted octanol–water partition coefficient (Wildman–Crippen LogP) is 1.10. The summed E-state index contributed by atoms with van der Waals surface area (Å²) in [6.07, 6.45) is 4.40. The van der Waals surface area contributed by atoms with Gasteiger partial charge in [0.15, 0.2) is 0 Å². The van der Waals surface area contributed by atoms with Crippen molar-refractivity contribution in [3.63, 3.8) is 0 Å². The number of rotatable bonds is 8. The molecule has 2 atom stereocenters. The van der Waals surface area contributed by atoms with E-state index in [1.807, 2.05) is 13.8 Å². The lowest BCUT2D eigenvalue weighted by Gasteiger charge is -2.29. The van der Waals surface area contributed by atoms with E-state index in [9.17, 15) is 4.79 Å². The number of amides is 1. The third-order valence-corrected chi connectivity index (χ3v) is 3.51. The normalized spacial score (nSPS) is 19.1. The van der Waals surface area contributed by atoms with E-state index in [1.54, 1.807) is 0 Å². The van der Waals surface area contributed by atoms with Crippen molar-refractivity contribution in [2.24, 2.45) is 5.73 Å². The van der Waals surface area contributed by atoms with E-state index >= 15 is 0 Å². The van der Waals surface area contributed by atoms with Crippen LogP contribution in [-0.4, -0.2) is 42.0 Å². The highest BCUT2D eigenvalue weighted by Gasteiger charge is 2.34. The zero-order valence-electron chi connectivity index (χ0n) is 11.4. The van der Waals surface area contributed by atoms with Crippen LogP contribution in [-0.2, 0) is 4.79 Å². The molecule has 4 heteroatoms. The predicted molar refractivity (Wildman–Crippen MR) is 70.8 cm³/mol. The van der Waals surface area contributed by atoms with E-state index in [1.165, 1.54) is 12.8 Å². The Balaban J connectivity index is 2.45. The zero-order chi connectivity index (χ0) is 12.8. The third kappa shape index (κ3) is 4.64. The van der Waals surface area contributed by atoms with E-state index in [0.717, 1.165) is 19.4 Å². The van der Waals surface area contributed by atoms with E-state index < -0.39 is 0 Å². The number of nitrogens with two attached hydrogens (primary N) is 1. The molecule has 0 bridgehead atoms. The second kappa shape index (κ2) is 6.97. The number of nitrogens with one attached hydrogen (secondary N) is 1. The fourth-order valence-corrected chi connectivity index (χ4v) is 1.99. The zero-order valence-corrected chi connectivity index (χ0v) is 11.4. The van der Waals surface area contributed by atoms with Crippen molar-refractivity contribution < 1.29 is 4.79 Å². The summed E-state index contributed by atoms with van der Waals surface area (Å²) < 4.78 is 0. The summed E-state index contributed by atoms with van der Waals surface area (Å²) >= 11 is 0. The first-order valence-corrected chi connectivity index (χ1v) is 6.86. The minimum Gasteiger partial charge on any atom is -0.352 e. The number of carbonyl (C=O) groups is 1. The lowest BCUT2D eigenvalue weighted by Crippen LogP contribution is -2.48. The van der Waals surface area contributed by atoms with Crippen molar-refractivity contribution in [1.29, 1.82) is 0 Å². The maximum Gasteiger partial charge on any atom is 0.237 e. The van der Waals surface area contributed by atoms with Crippen molar-refractivity contribution in [2.45, 2.75) is 64.6 Å². The first-order valence-electron chi connectivity index (χ1n) is 6.86. The molecule has 0 heterocycles. The molecule has 0 spiro atoms. The number of carbonyl (C=O) groups excluding carboxylic acids is 1. The summed E-state index contributed by atoms with van der Waals surface area (Å²) in [7, 11) is 0. The molecular formula is C13H27N3O. The molecule has 4 nitrogen and oxygen atoms in total. The van der Waals surface area contributed by atoms with Gasteiger partial charge < -0.3 is 11.1 Å². The maximum absolute atomic E-state index is 12.1. The Morgan fingerprint density at radius 2 is 2.12 bits per heavy atom. The van der Waals surface area contributed by atoms with E-state index in [-0.39, 0.29) is 18.0 Å². The topological polar surface area (TPSA) is 58.4 Å². The molecule has 100 valence electrons. The van der Waals surface area contributed by atoms with Gasteiger partial charge in [0.25, 0.3) is 0 Å². The fourth-order valence-electron chi connectivity index (χ4n) is 1.99. The Morgan fingerprint density at radius 3 is 2.59 bits per heavy atom. The van der Waals surface area contributed by atoms with Gasteiger partial charge in [0, 0.05) is 18.6 Å². The van der Waals surface area contributed by atoms with Crippen molar-refractivity contribution in [2.75, 3.05) is 13.1 Å². The third-order valence-electron chi connectivity index (χ3n) is 3.51. The van der Waals surface area contributed by atoms with Gasteiger partial charge in [0.05, 0.1) is 6.04 Å². The van der Waals surface area contributed by atoms with Crippen molar-refractivity contribution in [1.82, 2.24) is 10.2 Å².